The molecule has 1 saturated heterocycles. The van der Waals surface area contributed by atoms with Crippen LogP contribution in [0.3, 0.4) is 0 Å². The van der Waals surface area contributed by atoms with Gasteiger partial charge in [-0.2, -0.15) is 4.31 Å². The Balaban J connectivity index is 1.67. The van der Waals surface area contributed by atoms with Crippen molar-refractivity contribution in [3.05, 3.63) is 58.1 Å². The lowest BCUT2D eigenvalue weighted by Crippen LogP contribution is -2.42. The molecular formula is C20H20Cl2N2O6S. The van der Waals surface area contributed by atoms with Gasteiger partial charge in [-0.3, -0.25) is 9.59 Å². The van der Waals surface area contributed by atoms with Crippen molar-refractivity contribution in [3.63, 3.8) is 0 Å². The molecule has 31 heavy (non-hydrogen) atoms. The zero-order valence-corrected chi connectivity index (χ0v) is 18.7. The molecule has 1 aliphatic rings. The van der Waals surface area contributed by atoms with E-state index in [0.717, 1.165) is 4.31 Å². The van der Waals surface area contributed by atoms with Gasteiger partial charge in [-0.25, -0.2) is 8.42 Å². The number of halogens is 2. The molecule has 2 aromatic rings. The summed E-state index contributed by atoms with van der Waals surface area (Å²) in [7, 11) is -4.08. The molecule has 2 unspecified atom stereocenters. The maximum Gasteiger partial charge on any atom is 0.325 e. The Kier molecular flexibility index (Phi) is 7.23. The Bertz CT molecular complexity index is 1090. The number of hydrogen-bond acceptors (Lipinski definition) is 6. The van der Waals surface area contributed by atoms with E-state index in [-0.39, 0.29) is 17.9 Å². The molecule has 166 valence electrons. The Morgan fingerprint density at radius 2 is 1.87 bits per heavy atom. The molecule has 1 amide bonds. The van der Waals surface area contributed by atoms with E-state index in [1.54, 1.807) is 25.1 Å². The highest BCUT2D eigenvalue weighted by atomic mass is 35.5. The largest absolute Gasteiger partial charge is 0.454 e. The molecule has 0 bridgehead atoms. The van der Waals surface area contributed by atoms with Gasteiger partial charge in [-0.15, -0.1) is 0 Å². The van der Waals surface area contributed by atoms with E-state index in [4.69, 9.17) is 27.9 Å². The summed E-state index contributed by atoms with van der Waals surface area (Å²) in [4.78, 5) is 24.6. The lowest BCUT2D eigenvalue weighted by atomic mass is 10.2. The standard InChI is InChI=1S/C20H20Cl2N2O6S/c1-12-16(22)3-2-4-17(12)23-19(26)11-30-20(27)18-9-14(25)10-24(18)31(28,29)15-7-5-13(21)6-8-15/h2-8,14,18,25H,9-11H2,1H3,(H,23,26). The van der Waals surface area contributed by atoms with Crippen molar-refractivity contribution < 1.29 is 27.9 Å². The molecule has 3 rings (SSSR count). The van der Waals surface area contributed by atoms with Crippen molar-refractivity contribution in [3.8, 4) is 0 Å². The molecule has 2 aromatic carbocycles. The second kappa shape index (κ2) is 9.54. The van der Waals surface area contributed by atoms with Gasteiger partial charge in [0, 0.05) is 28.7 Å². The highest BCUT2D eigenvalue weighted by Crippen LogP contribution is 2.28. The molecule has 0 aliphatic carbocycles. The predicted octanol–water partition coefficient (Wildman–Crippen LogP) is 2.61. The molecule has 1 aliphatic heterocycles. The third kappa shape index (κ3) is 5.36. The molecule has 0 spiro atoms. The summed E-state index contributed by atoms with van der Waals surface area (Å²) >= 11 is 11.8. The number of ether oxygens (including phenoxy) is 1. The first-order chi connectivity index (χ1) is 14.6. The van der Waals surface area contributed by atoms with Crippen molar-refractivity contribution in [1.82, 2.24) is 4.31 Å². The van der Waals surface area contributed by atoms with Gasteiger partial charge >= 0.3 is 5.97 Å². The molecule has 0 aromatic heterocycles. The second-order valence-corrected chi connectivity index (χ2v) is 9.74. The number of β-amino-alcohol motifs (C(OH)–C–C–N with tert-alkyl or cyclic N) is 1. The summed E-state index contributed by atoms with van der Waals surface area (Å²) in [6.07, 6.45) is -1.18. The molecule has 1 fully saturated rings. The van der Waals surface area contributed by atoms with Gasteiger partial charge in [-0.05, 0) is 48.9 Å². The van der Waals surface area contributed by atoms with Gasteiger partial charge in [0.1, 0.15) is 6.04 Å². The van der Waals surface area contributed by atoms with Gasteiger partial charge in [0.15, 0.2) is 6.61 Å². The number of anilines is 1. The van der Waals surface area contributed by atoms with Crippen molar-refractivity contribution in [2.24, 2.45) is 0 Å². The maximum atomic E-state index is 12.9. The number of aliphatic hydroxyl groups excluding tert-OH is 1. The minimum Gasteiger partial charge on any atom is -0.454 e. The molecule has 11 heteroatoms. The zero-order valence-electron chi connectivity index (χ0n) is 16.4. The van der Waals surface area contributed by atoms with E-state index in [1.807, 2.05) is 0 Å². The number of hydrogen-bond donors (Lipinski definition) is 2. The van der Waals surface area contributed by atoms with E-state index >= 15 is 0 Å². The fourth-order valence-electron chi connectivity index (χ4n) is 3.17. The number of benzene rings is 2. The van der Waals surface area contributed by atoms with E-state index in [9.17, 15) is 23.1 Å². The van der Waals surface area contributed by atoms with Gasteiger partial charge in [-0.1, -0.05) is 29.3 Å². The van der Waals surface area contributed by atoms with Crippen molar-refractivity contribution >= 4 is 50.8 Å². The zero-order chi connectivity index (χ0) is 22.8. The minimum absolute atomic E-state index is 0.0713. The number of aliphatic hydroxyl groups is 1. The van der Waals surface area contributed by atoms with Crippen LogP contribution >= 0.6 is 23.2 Å². The van der Waals surface area contributed by atoms with Gasteiger partial charge in [0.25, 0.3) is 5.91 Å². The SMILES string of the molecule is Cc1c(Cl)cccc1NC(=O)COC(=O)C1CC(O)CN1S(=O)(=O)c1ccc(Cl)cc1. The first-order valence-corrected chi connectivity index (χ1v) is 11.5. The van der Waals surface area contributed by atoms with Crippen LogP contribution in [0.4, 0.5) is 5.69 Å². The molecule has 0 radical (unpaired) electrons. The average molecular weight is 487 g/mol. The molecule has 8 nitrogen and oxygen atoms in total. The Morgan fingerprint density at radius 1 is 1.19 bits per heavy atom. The molecular weight excluding hydrogens is 467 g/mol. The van der Waals surface area contributed by atoms with E-state index in [2.05, 4.69) is 5.32 Å². The van der Waals surface area contributed by atoms with Gasteiger partial charge in [0.05, 0.1) is 11.0 Å². The van der Waals surface area contributed by atoms with E-state index in [0.29, 0.717) is 21.3 Å². The first kappa shape index (κ1) is 23.5. The van der Waals surface area contributed by atoms with E-state index in [1.165, 1.54) is 24.3 Å². The fraction of sp³-hybridized carbons (Fsp3) is 0.300. The van der Waals surface area contributed by atoms with Crippen molar-refractivity contribution in [2.75, 3.05) is 18.5 Å². The minimum atomic E-state index is -4.08. The van der Waals surface area contributed by atoms with Crippen LogP contribution < -0.4 is 5.32 Å². The highest BCUT2D eigenvalue weighted by Gasteiger charge is 2.44. The van der Waals surface area contributed by atoms with Crippen molar-refractivity contribution in [2.45, 2.75) is 30.4 Å². The maximum absolute atomic E-state index is 12.9. The van der Waals surface area contributed by atoms with Crippen molar-refractivity contribution in [1.29, 1.82) is 0 Å². The van der Waals surface area contributed by atoms with Crippen LogP contribution in [0.5, 0.6) is 0 Å². The van der Waals surface area contributed by atoms with Gasteiger partial charge in [0.2, 0.25) is 10.0 Å². The lowest BCUT2D eigenvalue weighted by molar-refractivity contribution is -0.150. The van der Waals surface area contributed by atoms with Crippen LogP contribution in [0.1, 0.15) is 12.0 Å². The van der Waals surface area contributed by atoms with Crippen LogP contribution in [-0.2, 0) is 24.3 Å². The topological polar surface area (TPSA) is 113 Å². The van der Waals surface area contributed by atoms with Crippen LogP contribution in [0.25, 0.3) is 0 Å². The van der Waals surface area contributed by atoms with Crippen LogP contribution in [0, 0.1) is 6.92 Å². The Labute approximate surface area is 189 Å². The highest BCUT2D eigenvalue weighted by molar-refractivity contribution is 7.89. The number of amides is 1. The summed E-state index contributed by atoms with van der Waals surface area (Å²) in [6, 6.07) is 9.18. The quantitative estimate of drug-likeness (QED) is 0.606. The predicted molar refractivity (Wildman–Crippen MR) is 116 cm³/mol. The summed E-state index contributed by atoms with van der Waals surface area (Å²) in [5, 5.41) is 13.4. The molecule has 0 saturated carbocycles. The Morgan fingerprint density at radius 3 is 2.55 bits per heavy atom. The molecule has 1 heterocycles. The number of rotatable bonds is 6. The third-order valence-corrected chi connectivity index (χ3v) is 7.36. The monoisotopic (exact) mass is 486 g/mol. The number of nitrogens with one attached hydrogen (secondary N) is 1. The summed E-state index contributed by atoms with van der Waals surface area (Å²) < 4.78 is 31.8. The second-order valence-electron chi connectivity index (χ2n) is 7.00. The summed E-state index contributed by atoms with van der Waals surface area (Å²) in [5.74, 6) is -1.53. The lowest BCUT2D eigenvalue weighted by Gasteiger charge is -2.22. The smallest absolute Gasteiger partial charge is 0.325 e. The molecule has 2 N–H and O–H groups in total. The normalized spacial score (nSPS) is 19.2. The number of sulfonamides is 1. The summed E-state index contributed by atoms with van der Waals surface area (Å²) in [6.45, 7) is 0.841. The molecule has 2 atom stereocenters. The third-order valence-electron chi connectivity index (χ3n) is 4.81. The number of carbonyl (C=O) groups is 2. The van der Waals surface area contributed by atoms with Crippen LogP contribution in [0.2, 0.25) is 10.0 Å². The van der Waals surface area contributed by atoms with E-state index < -0.39 is 40.7 Å². The van der Waals surface area contributed by atoms with Gasteiger partial charge < -0.3 is 15.2 Å². The van der Waals surface area contributed by atoms with Crippen LogP contribution in [-0.4, -0.2) is 55.0 Å². The van der Waals surface area contributed by atoms with Crippen LogP contribution in [0.15, 0.2) is 47.4 Å². The number of esters is 1. The summed E-state index contributed by atoms with van der Waals surface area (Å²) in [5.41, 5.74) is 1.12. The average Bonchev–Trinajstić information content (AvgIpc) is 3.13. The first-order valence-electron chi connectivity index (χ1n) is 9.26. The number of carbonyl (C=O) groups excluding carboxylic acids is 2. The Hall–Kier alpha value is -2.17. The fourth-order valence-corrected chi connectivity index (χ4v) is 5.10. The number of nitrogens with zero attached hydrogens (tertiary/aromatic N) is 1.